The summed E-state index contributed by atoms with van der Waals surface area (Å²) in [7, 11) is 0. The van der Waals surface area contributed by atoms with Gasteiger partial charge in [0.25, 0.3) is 0 Å². The maximum atomic E-state index is 12.3. The fourth-order valence-corrected chi connectivity index (χ4v) is 2.03. The number of rotatable bonds is 2. The first kappa shape index (κ1) is 15.2. The summed E-state index contributed by atoms with van der Waals surface area (Å²) in [6.07, 6.45) is 0. The number of benzene rings is 1. The van der Waals surface area contributed by atoms with Crippen LogP contribution in [0, 0.1) is 5.41 Å². The molecule has 0 heterocycles. The van der Waals surface area contributed by atoms with Crippen molar-refractivity contribution in [3.63, 3.8) is 0 Å². The summed E-state index contributed by atoms with van der Waals surface area (Å²) in [6.45, 7) is 5.59. The standard InChI is InChI=1S/C12H16F3NOS/c1-11(2,3)10(16)8-6-7(4-5-9(8)17)18-12(13,14)15/h4-6,10,17H,16H2,1-3H3/t10-/m1/s1. The molecule has 0 aliphatic carbocycles. The van der Waals surface area contributed by atoms with Gasteiger partial charge in [0.1, 0.15) is 5.75 Å². The van der Waals surface area contributed by atoms with Gasteiger partial charge in [0, 0.05) is 16.5 Å². The maximum absolute atomic E-state index is 12.3. The zero-order valence-corrected chi connectivity index (χ0v) is 11.2. The highest BCUT2D eigenvalue weighted by atomic mass is 32.2. The molecule has 0 saturated heterocycles. The Morgan fingerprint density at radius 3 is 2.22 bits per heavy atom. The molecule has 3 N–H and O–H groups in total. The van der Waals surface area contributed by atoms with Gasteiger partial charge in [0.05, 0.1) is 0 Å². The second-order valence-corrected chi connectivity index (χ2v) is 6.25. The van der Waals surface area contributed by atoms with Crippen molar-refractivity contribution in [1.82, 2.24) is 0 Å². The minimum atomic E-state index is -4.35. The zero-order chi connectivity index (χ0) is 14.1. The molecule has 2 nitrogen and oxygen atoms in total. The van der Waals surface area contributed by atoms with Gasteiger partial charge in [-0.15, -0.1) is 0 Å². The van der Waals surface area contributed by atoms with Crippen LogP contribution in [0.15, 0.2) is 23.1 Å². The van der Waals surface area contributed by atoms with Crippen LogP contribution in [-0.2, 0) is 0 Å². The smallest absolute Gasteiger partial charge is 0.446 e. The lowest BCUT2D eigenvalue weighted by molar-refractivity contribution is -0.0328. The molecule has 1 aromatic carbocycles. The lowest BCUT2D eigenvalue weighted by Crippen LogP contribution is -2.26. The summed E-state index contributed by atoms with van der Waals surface area (Å²) in [5.41, 5.74) is 1.59. The number of phenolic OH excluding ortho intramolecular Hbond substituents is 1. The van der Waals surface area contributed by atoms with Crippen LogP contribution < -0.4 is 5.73 Å². The van der Waals surface area contributed by atoms with Crippen LogP contribution in [0.1, 0.15) is 32.4 Å². The normalized spacial score (nSPS) is 14.6. The van der Waals surface area contributed by atoms with Crippen LogP contribution in [0.3, 0.4) is 0 Å². The van der Waals surface area contributed by atoms with Crippen molar-refractivity contribution in [2.24, 2.45) is 11.1 Å². The Balaban J connectivity index is 3.09. The maximum Gasteiger partial charge on any atom is 0.446 e. The Morgan fingerprint density at radius 1 is 1.22 bits per heavy atom. The lowest BCUT2D eigenvalue weighted by atomic mass is 9.83. The number of alkyl halides is 3. The van der Waals surface area contributed by atoms with E-state index >= 15 is 0 Å². The highest BCUT2D eigenvalue weighted by Gasteiger charge is 2.31. The summed E-state index contributed by atoms with van der Waals surface area (Å²) in [6, 6.07) is 3.23. The number of phenols is 1. The molecule has 0 aliphatic rings. The van der Waals surface area contributed by atoms with Crippen molar-refractivity contribution in [2.75, 3.05) is 0 Å². The van der Waals surface area contributed by atoms with Crippen LogP contribution in [-0.4, -0.2) is 10.6 Å². The van der Waals surface area contributed by atoms with E-state index in [2.05, 4.69) is 0 Å². The first-order valence-electron chi connectivity index (χ1n) is 5.35. The Bertz CT molecular complexity index is 426. The van der Waals surface area contributed by atoms with E-state index in [0.29, 0.717) is 5.56 Å². The number of aromatic hydroxyl groups is 1. The molecule has 0 aliphatic heterocycles. The fourth-order valence-electron chi connectivity index (χ4n) is 1.45. The summed E-state index contributed by atoms with van der Waals surface area (Å²) in [5.74, 6) is -0.0797. The Hall–Kier alpha value is -0.880. The summed E-state index contributed by atoms with van der Waals surface area (Å²) in [5, 5.41) is 9.70. The Labute approximate surface area is 108 Å². The van der Waals surface area contributed by atoms with Crippen molar-refractivity contribution < 1.29 is 18.3 Å². The zero-order valence-electron chi connectivity index (χ0n) is 10.4. The van der Waals surface area contributed by atoms with Gasteiger partial charge in [0.15, 0.2) is 0 Å². The van der Waals surface area contributed by atoms with Crippen molar-refractivity contribution in [3.05, 3.63) is 23.8 Å². The molecule has 1 aromatic rings. The van der Waals surface area contributed by atoms with Crippen LogP contribution in [0.2, 0.25) is 0 Å². The summed E-state index contributed by atoms with van der Waals surface area (Å²) < 4.78 is 36.8. The number of nitrogens with two attached hydrogens (primary N) is 1. The highest BCUT2D eigenvalue weighted by molar-refractivity contribution is 8.00. The van der Waals surface area contributed by atoms with Gasteiger partial charge in [-0.25, -0.2) is 0 Å². The summed E-state index contributed by atoms with van der Waals surface area (Å²) >= 11 is -0.215. The van der Waals surface area contributed by atoms with Gasteiger partial charge in [-0.3, -0.25) is 0 Å². The molecule has 0 spiro atoms. The molecule has 0 bridgehead atoms. The monoisotopic (exact) mass is 279 g/mol. The van der Waals surface area contributed by atoms with E-state index in [0.717, 1.165) is 0 Å². The number of thioether (sulfide) groups is 1. The third kappa shape index (κ3) is 4.10. The third-order valence-corrected chi connectivity index (χ3v) is 3.22. The van der Waals surface area contributed by atoms with Crippen LogP contribution in [0.25, 0.3) is 0 Å². The topological polar surface area (TPSA) is 46.2 Å². The average molecular weight is 279 g/mol. The van der Waals surface area contributed by atoms with E-state index in [1.54, 1.807) is 0 Å². The quantitative estimate of drug-likeness (QED) is 0.803. The molecule has 0 saturated carbocycles. The fraction of sp³-hybridized carbons (Fsp3) is 0.500. The number of halogens is 3. The molecule has 6 heteroatoms. The molecule has 0 aromatic heterocycles. The molecule has 18 heavy (non-hydrogen) atoms. The second-order valence-electron chi connectivity index (χ2n) is 5.11. The van der Waals surface area contributed by atoms with E-state index in [1.165, 1.54) is 18.2 Å². The SMILES string of the molecule is CC(C)(C)[C@H](N)c1cc(SC(F)(F)F)ccc1O. The van der Waals surface area contributed by atoms with Gasteiger partial charge in [-0.1, -0.05) is 20.8 Å². The predicted molar refractivity (Wildman–Crippen MR) is 66.4 cm³/mol. The van der Waals surface area contributed by atoms with Crippen molar-refractivity contribution in [1.29, 1.82) is 0 Å². The van der Waals surface area contributed by atoms with Gasteiger partial charge < -0.3 is 10.8 Å². The van der Waals surface area contributed by atoms with Crippen LogP contribution in [0.5, 0.6) is 5.75 Å². The molecule has 0 amide bonds. The van der Waals surface area contributed by atoms with Crippen molar-refractivity contribution >= 4 is 11.8 Å². The minimum absolute atomic E-state index is 0.0231. The van der Waals surface area contributed by atoms with Gasteiger partial charge in [-0.05, 0) is 35.4 Å². The van der Waals surface area contributed by atoms with Crippen molar-refractivity contribution in [3.8, 4) is 5.75 Å². The van der Waals surface area contributed by atoms with Crippen LogP contribution in [0.4, 0.5) is 13.2 Å². The van der Waals surface area contributed by atoms with E-state index in [4.69, 9.17) is 5.73 Å². The lowest BCUT2D eigenvalue weighted by Gasteiger charge is -2.28. The van der Waals surface area contributed by atoms with E-state index in [1.807, 2.05) is 20.8 Å². The first-order chi connectivity index (χ1) is 8.00. The van der Waals surface area contributed by atoms with E-state index < -0.39 is 11.6 Å². The van der Waals surface area contributed by atoms with Gasteiger partial charge in [0.2, 0.25) is 0 Å². The van der Waals surface area contributed by atoms with Gasteiger partial charge in [-0.2, -0.15) is 13.2 Å². The van der Waals surface area contributed by atoms with Crippen LogP contribution >= 0.6 is 11.8 Å². The molecule has 0 fully saturated rings. The molecule has 0 unspecified atom stereocenters. The number of hydrogen-bond donors (Lipinski definition) is 2. The van der Waals surface area contributed by atoms with Crippen molar-refractivity contribution in [2.45, 2.75) is 37.2 Å². The highest BCUT2D eigenvalue weighted by Crippen LogP contribution is 2.41. The molecular weight excluding hydrogens is 263 g/mol. The molecular formula is C12H16F3NOS. The van der Waals surface area contributed by atoms with E-state index in [9.17, 15) is 18.3 Å². The van der Waals surface area contributed by atoms with E-state index in [-0.39, 0.29) is 27.8 Å². The molecule has 0 radical (unpaired) electrons. The average Bonchev–Trinajstić information content (AvgIpc) is 2.16. The molecule has 1 rings (SSSR count). The third-order valence-electron chi connectivity index (χ3n) is 2.50. The Kier molecular flexibility index (Phi) is 4.23. The summed E-state index contributed by atoms with van der Waals surface area (Å²) in [4.78, 5) is 0.0231. The first-order valence-corrected chi connectivity index (χ1v) is 6.16. The predicted octanol–water partition coefficient (Wildman–Crippen LogP) is 4.05. The largest absolute Gasteiger partial charge is 0.508 e. The number of hydrogen-bond acceptors (Lipinski definition) is 3. The minimum Gasteiger partial charge on any atom is -0.508 e. The molecule has 1 atom stereocenters. The second kappa shape index (κ2) is 5.01. The molecule has 102 valence electrons. The Morgan fingerprint density at radius 2 is 1.78 bits per heavy atom. The van der Waals surface area contributed by atoms with Gasteiger partial charge >= 0.3 is 5.51 Å².